The molecule has 2 aliphatic rings. The molecule has 138 valence electrons. The van der Waals surface area contributed by atoms with E-state index in [0.717, 1.165) is 39.0 Å². The van der Waals surface area contributed by atoms with E-state index in [1.54, 1.807) is 6.20 Å². The smallest absolute Gasteiger partial charge is 0.185 e. The molecule has 4 nitrogen and oxygen atoms in total. The van der Waals surface area contributed by atoms with Crippen molar-refractivity contribution in [3.8, 4) is 0 Å². The topological polar surface area (TPSA) is 36.4 Å². The molecule has 0 N–H and O–H groups in total. The molecule has 4 rings (SSSR count). The van der Waals surface area contributed by atoms with Crippen LogP contribution < -0.4 is 0 Å². The Kier molecular flexibility index (Phi) is 5.78. The first-order chi connectivity index (χ1) is 12.8. The second-order valence-electron chi connectivity index (χ2n) is 7.50. The Hall–Kier alpha value is -1.56. The summed E-state index contributed by atoms with van der Waals surface area (Å²) in [4.78, 5) is 24.8. The predicted octanol–water partition coefficient (Wildman–Crippen LogP) is 3.83. The van der Waals surface area contributed by atoms with Crippen molar-refractivity contribution in [2.24, 2.45) is 5.92 Å². The van der Waals surface area contributed by atoms with Crippen LogP contribution in [0.25, 0.3) is 0 Å². The molecule has 0 aliphatic carbocycles. The minimum atomic E-state index is 0.0858. The van der Waals surface area contributed by atoms with Crippen molar-refractivity contribution >= 4 is 17.1 Å². The van der Waals surface area contributed by atoms with Gasteiger partial charge in [0, 0.05) is 41.5 Å². The molecule has 2 aromatic heterocycles. The predicted molar refractivity (Wildman–Crippen MR) is 105 cm³/mol. The van der Waals surface area contributed by atoms with Crippen molar-refractivity contribution in [2.45, 2.75) is 38.8 Å². The van der Waals surface area contributed by atoms with Crippen LogP contribution in [0.4, 0.5) is 0 Å². The van der Waals surface area contributed by atoms with Gasteiger partial charge in [-0.3, -0.25) is 19.6 Å². The highest BCUT2D eigenvalue weighted by Crippen LogP contribution is 2.25. The Balaban J connectivity index is 1.33. The maximum Gasteiger partial charge on any atom is 0.185 e. The van der Waals surface area contributed by atoms with Gasteiger partial charge in [-0.25, -0.2) is 0 Å². The van der Waals surface area contributed by atoms with Crippen LogP contribution in [0.3, 0.4) is 0 Å². The van der Waals surface area contributed by atoms with Gasteiger partial charge in [0.15, 0.2) is 5.78 Å². The van der Waals surface area contributed by atoms with Gasteiger partial charge in [-0.1, -0.05) is 6.07 Å². The summed E-state index contributed by atoms with van der Waals surface area (Å²) in [7, 11) is 0. The maximum atomic E-state index is 12.7. The molecule has 5 heteroatoms. The first-order valence-electron chi connectivity index (χ1n) is 9.75. The number of hydrogen-bond donors (Lipinski definition) is 0. The minimum Gasteiger partial charge on any atom is -0.298 e. The molecule has 0 aromatic carbocycles. The van der Waals surface area contributed by atoms with Crippen molar-refractivity contribution < 1.29 is 4.79 Å². The van der Waals surface area contributed by atoms with Gasteiger partial charge in [0.2, 0.25) is 0 Å². The van der Waals surface area contributed by atoms with Crippen LogP contribution in [0.15, 0.2) is 36.5 Å². The van der Waals surface area contributed by atoms with Gasteiger partial charge in [-0.2, -0.15) is 0 Å². The molecule has 0 bridgehead atoms. The van der Waals surface area contributed by atoms with E-state index in [9.17, 15) is 4.79 Å². The second kappa shape index (κ2) is 8.42. The number of aromatic nitrogens is 1. The lowest BCUT2D eigenvalue weighted by atomic mass is 9.92. The van der Waals surface area contributed by atoms with Gasteiger partial charge < -0.3 is 0 Å². The fourth-order valence-electron chi connectivity index (χ4n) is 4.10. The van der Waals surface area contributed by atoms with Crippen LogP contribution in [-0.4, -0.2) is 46.7 Å². The summed E-state index contributed by atoms with van der Waals surface area (Å²) in [5.41, 5.74) is 0.614. The van der Waals surface area contributed by atoms with Crippen molar-refractivity contribution in [3.05, 3.63) is 52.0 Å². The van der Waals surface area contributed by atoms with Gasteiger partial charge in [0.25, 0.3) is 0 Å². The number of carbonyl (C=O) groups excluding carboxylic acids is 1. The first-order valence-corrected chi connectivity index (χ1v) is 10.6. The van der Waals surface area contributed by atoms with Crippen molar-refractivity contribution in [1.82, 2.24) is 14.8 Å². The zero-order valence-electron chi connectivity index (χ0n) is 15.3. The lowest BCUT2D eigenvalue weighted by Crippen LogP contribution is -2.38. The molecule has 0 saturated carbocycles. The number of pyridine rings is 1. The Morgan fingerprint density at radius 2 is 1.73 bits per heavy atom. The number of thiophene rings is 1. The van der Waals surface area contributed by atoms with Crippen LogP contribution in [0, 0.1) is 5.92 Å². The van der Waals surface area contributed by atoms with Crippen LogP contribution in [-0.2, 0) is 13.1 Å². The standard InChI is InChI=1S/C21H27N3OS/c25-21(20-7-1-2-10-22-20)17-6-5-13-24(14-17)16-19-9-8-18(26-19)15-23-11-3-4-12-23/h1-2,7-10,17H,3-6,11-16H2. The van der Waals surface area contributed by atoms with Gasteiger partial charge in [0.1, 0.15) is 5.69 Å². The zero-order valence-corrected chi connectivity index (χ0v) is 16.1. The number of likely N-dealkylation sites (tertiary alicyclic amines) is 2. The molecule has 4 heterocycles. The molecule has 26 heavy (non-hydrogen) atoms. The average Bonchev–Trinajstić information content (AvgIpc) is 3.35. The molecule has 2 aromatic rings. The van der Waals surface area contributed by atoms with Crippen LogP contribution >= 0.6 is 11.3 Å². The summed E-state index contributed by atoms with van der Waals surface area (Å²) in [6, 6.07) is 10.2. The van der Waals surface area contributed by atoms with Crippen molar-refractivity contribution in [1.29, 1.82) is 0 Å². The summed E-state index contributed by atoms with van der Waals surface area (Å²) in [6.07, 6.45) is 6.47. The van der Waals surface area contributed by atoms with Crippen LogP contribution in [0.5, 0.6) is 0 Å². The number of hydrogen-bond acceptors (Lipinski definition) is 5. The summed E-state index contributed by atoms with van der Waals surface area (Å²) in [5, 5.41) is 0. The fraction of sp³-hybridized carbons (Fsp3) is 0.524. The van der Waals surface area contributed by atoms with Gasteiger partial charge in [-0.15, -0.1) is 11.3 Å². The van der Waals surface area contributed by atoms with Crippen molar-refractivity contribution in [3.63, 3.8) is 0 Å². The monoisotopic (exact) mass is 369 g/mol. The normalized spacial score (nSPS) is 21.9. The SMILES string of the molecule is O=C(c1ccccn1)C1CCCN(Cc2ccc(CN3CCCC3)s2)C1. The van der Waals surface area contributed by atoms with E-state index < -0.39 is 0 Å². The van der Waals surface area contributed by atoms with Crippen LogP contribution in [0.2, 0.25) is 0 Å². The lowest BCUT2D eigenvalue weighted by Gasteiger charge is -2.31. The number of rotatable bonds is 6. The van der Waals surface area contributed by atoms with E-state index in [0.29, 0.717) is 5.69 Å². The van der Waals surface area contributed by atoms with E-state index in [2.05, 4.69) is 26.9 Å². The molecule has 1 unspecified atom stereocenters. The van der Waals surface area contributed by atoms with Gasteiger partial charge in [-0.05, 0) is 69.6 Å². The Bertz CT molecular complexity index is 724. The quantitative estimate of drug-likeness (QED) is 0.725. The highest BCUT2D eigenvalue weighted by atomic mass is 32.1. The third-order valence-electron chi connectivity index (χ3n) is 5.47. The van der Waals surface area contributed by atoms with Gasteiger partial charge >= 0.3 is 0 Å². The van der Waals surface area contributed by atoms with E-state index in [4.69, 9.17) is 0 Å². The second-order valence-corrected chi connectivity index (χ2v) is 8.76. The summed E-state index contributed by atoms with van der Waals surface area (Å²) in [5.74, 6) is 0.291. The molecular formula is C21H27N3OS. The van der Waals surface area contributed by atoms with E-state index in [-0.39, 0.29) is 11.7 Å². The molecule has 2 aliphatic heterocycles. The number of piperidine rings is 1. The van der Waals surface area contributed by atoms with E-state index in [1.165, 1.54) is 35.7 Å². The zero-order chi connectivity index (χ0) is 17.8. The largest absolute Gasteiger partial charge is 0.298 e. The number of Topliss-reactive ketones (excluding diaryl/α,β-unsaturated/α-hetero) is 1. The van der Waals surface area contributed by atoms with E-state index in [1.807, 2.05) is 29.5 Å². The summed E-state index contributed by atoms with van der Waals surface area (Å²) >= 11 is 1.94. The molecule has 0 spiro atoms. The lowest BCUT2D eigenvalue weighted by molar-refractivity contribution is 0.0807. The first kappa shape index (κ1) is 17.8. The highest BCUT2D eigenvalue weighted by molar-refractivity contribution is 7.11. The van der Waals surface area contributed by atoms with Crippen LogP contribution in [0.1, 0.15) is 45.9 Å². The Labute approximate surface area is 159 Å². The summed E-state index contributed by atoms with van der Waals surface area (Å²) in [6.45, 7) is 6.51. The Morgan fingerprint density at radius 3 is 2.46 bits per heavy atom. The molecule has 2 saturated heterocycles. The molecule has 0 amide bonds. The third-order valence-corrected chi connectivity index (χ3v) is 6.52. The molecule has 0 radical (unpaired) electrons. The third kappa shape index (κ3) is 4.40. The Morgan fingerprint density at radius 1 is 1.00 bits per heavy atom. The number of nitrogens with zero attached hydrogens (tertiary/aromatic N) is 3. The molecular weight excluding hydrogens is 342 g/mol. The van der Waals surface area contributed by atoms with Crippen molar-refractivity contribution in [2.75, 3.05) is 26.2 Å². The summed E-state index contributed by atoms with van der Waals surface area (Å²) < 4.78 is 0. The van der Waals surface area contributed by atoms with Gasteiger partial charge in [0.05, 0.1) is 0 Å². The van der Waals surface area contributed by atoms with E-state index >= 15 is 0 Å². The number of ketones is 1. The highest BCUT2D eigenvalue weighted by Gasteiger charge is 2.27. The maximum absolute atomic E-state index is 12.7. The molecule has 2 fully saturated rings. The minimum absolute atomic E-state index is 0.0858. The molecule has 1 atom stereocenters. The average molecular weight is 370 g/mol. The fourth-order valence-corrected chi connectivity index (χ4v) is 5.21. The number of carbonyl (C=O) groups is 1.